The van der Waals surface area contributed by atoms with Gasteiger partial charge in [0.05, 0.1) is 11.0 Å². The molecule has 0 aliphatic rings. The summed E-state index contributed by atoms with van der Waals surface area (Å²) in [6.07, 6.45) is 0. The summed E-state index contributed by atoms with van der Waals surface area (Å²) in [6.45, 7) is 8.90. The molecule has 0 fully saturated rings. The molecule has 21 heavy (non-hydrogen) atoms. The fraction of sp³-hybridized carbons (Fsp3) is 0.533. The summed E-state index contributed by atoms with van der Waals surface area (Å²) < 4.78 is 14.2. The number of nitrogens with zero attached hydrogens (tertiary/aromatic N) is 2. The molecule has 1 aromatic heterocycles. The smallest absolute Gasteiger partial charge is 0.137 e. The number of fused-ring (bicyclic) bond motifs is 1. The van der Waals surface area contributed by atoms with Gasteiger partial charge in [-0.15, -0.1) is 0 Å². The maximum absolute atomic E-state index is 5.87. The van der Waals surface area contributed by atoms with E-state index in [0.29, 0.717) is 13.3 Å². The second kappa shape index (κ2) is 7.04. The molecule has 2 rings (SSSR count). The normalized spacial score (nSPS) is 12.2. The molecule has 4 nitrogen and oxygen atoms in total. The molecule has 0 spiro atoms. The van der Waals surface area contributed by atoms with Crippen molar-refractivity contribution in [2.45, 2.75) is 39.0 Å². The van der Waals surface area contributed by atoms with E-state index in [1.807, 2.05) is 12.1 Å². The minimum absolute atomic E-state index is 0.490. The lowest BCUT2D eigenvalue weighted by Gasteiger charge is -2.16. The molecule has 1 aromatic carbocycles. The van der Waals surface area contributed by atoms with Crippen molar-refractivity contribution in [2.24, 2.45) is 0 Å². The van der Waals surface area contributed by atoms with Gasteiger partial charge in [-0.2, -0.15) is 0 Å². The van der Waals surface area contributed by atoms with Crippen LogP contribution in [0.25, 0.3) is 11.0 Å². The Hall–Kier alpha value is -0.693. The number of hydrogen-bond donors (Lipinski definition) is 0. The number of aromatic nitrogens is 2. The Morgan fingerprint density at radius 3 is 2.71 bits per heavy atom. The molecule has 0 amide bonds. The second-order valence-corrected chi connectivity index (χ2v) is 12.9. The standard InChI is InChI=1S/C15H23BrN2O2Si/c1-19-10-15-17-13-9-12(16)5-6-14(13)18(15)11-20-7-8-21(2,3)4/h5-6,9H,7-8,10-11H2,1-4H3. The van der Waals surface area contributed by atoms with E-state index in [2.05, 4.69) is 51.2 Å². The van der Waals surface area contributed by atoms with E-state index < -0.39 is 8.07 Å². The molecular formula is C15H23BrN2O2Si. The molecule has 0 aliphatic carbocycles. The molecule has 0 radical (unpaired) electrons. The molecule has 0 N–H and O–H groups in total. The third-order valence-electron chi connectivity index (χ3n) is 3.28. The zero-order valence-electron chi connectivity index (χ0n) is 13.1. The van der Waals surface area contributed by atoms with Crippen LogP contribution in [-0.2, 0) is 22.8 Å². The van der Waals surface area contributed by atoms with Crippen LogP contribution in [0.15, 0.2) is 22.7 Å². The highest BCUT2D eigenvalue weighted by Crippen LogP contribution is 2.21. The quantitative estimate of drug-likeness (QED) is 0.539. The summed E-state index contributed by atoms with van der Waals surface area (Å²) in [5, 5.41) is 0. The first-order valence-electron chi connectivity index (χ1n) is 7.12. The van der Waals surface area contributed by atoms with Crippen molar-refractivity contribution in [2.75, 3.05) is 13.7 Å². The monoisotopic (exact) mass is 370 g/mol. The molecule has 0 bridgehead atoms. The second-order valence-electron chi connectivity index (χ2n) is 6.37. The third kappa shape index (κ3) is 4.64. The molecule has 2 aromatic rings. The Balaban J connectivity index is 2.14. The van der Waals surface area contributed by atoms with Crippen molar-refractivity contribution in [1.29, 1.82) is 0 Å². The number of methoxy groups -OCH3 is 1. The lowest BCUT2D eigenvalue weighted by Crippen LogP contribution is -2.22. The Bertz CT molecular complexity index is 607. The van der Waals surface area contributed by atoms with E-state index >= 15 is 0 Å². The average molecular weight is 371 g/mol. The Morgan fingerprint density at radius 2 is 2.05 bits per heavy atom. The number of imidazole rings is 1. The van der Waals surface area contributed by atoms with Crippen LogP contribution in [0.2, 0.25) is 25.7 Å². The summed E-state index contributed by atoms with van der Waals surface area (Å²) in [5.74, 6) is 0.901. The van der Waals surface area contributed by atoms with Crippen LogP contribution in [0, 0.1) is 0 Å². The van der Waals surface area contributed by atoms with Gasteiger partial charge >= 0.3 is 0 Å². The molecule has 6 heteroatoms. The van der Waals surface area contributed by atoms with Gasteiger partial charge in [-0.3, -0.25) is 0 Å². The summed E-state index contributed by atoms with van der Waals surface area (Å²) in [6, 6.07) is 7.28. The van der Waals surface area contributed by atoms with Crippen LogP contribution < -0.4 is 0 Å². The minimum atomic E-state index is -1.05. The first-order valence-corrected chi connectivity index (χ1v) is 11.6. The van der Waals surface area contributed by atoms with E-state index in [9.17, 15) is 0 Å². The van der Waals surface area contributed by atoms with Gasteiger partial charge < -0.3 is 14.0 Å². The Morgan fingerprint density at radius 1 is 1.29 bits per heavy atom. The molecule has 0 saturated carbocycles. The summed E-state index contributed by atoms with van der Waals surface area (Å²) >= 11 is 3.48. The fourth-order valence-electron chi connectivity index (χ4n) is 2.07. The van der Waals surface area contributed by atoms with Gasteiger partial charge in [-0.1, -0.05) is 35.6 Å². The summed E-state index contributed by atoms with van der Waals surface area (Å²) in [7, 11) is 0.636. The fourth-order valence-corrected chi connectivity index (χ4v) is 3.18. The Labute approximate surface area is 135 Å². The zero-order chi connectivity index (χ0) is 15.5. The highest BCUT2D eigenvalue weighted by molar-refractivity contribution is 9.10. The predicted molar refractivity (Wildman–Crippen MR) is 92.3 cm³/mol. The predicted octanol–water partition coefficient (Wildman–Crippen LogP) is 4.26. The van der Waals surface area contributed by atoms with E-state index in [1.54, 1.807) is 7.11 Å². The van der Waals surface area contributed by atoms with Gasteiger partial charge in [0.2, 0.25) is 0 Å². The van der Waals surface area contributed by atoms with Crippen LogP contribution in [-0.4, -0.2) is 31.3 Å². The average Bonchev–Trinajstić information content (AvgIpc) is 2.71. The van der Waals surface area contributed by atoms with Crippen LogP contribution >= 0.6 is 15.9 Å². The molecule has 0 saturated heterocycles. The molecule has 0 unspecified atom stereocenters. The van der Waals surface area contributed by atoms with Crippen molar-refractivity contribution in [3.8, 4) is 0 Å². The topological polar surface area (TPSA) is 36.3 Å². The minimum Gasteiger partial charge on any atom is -0.377 e. The van der Waals surface area contributed by atoms with Gasteiger partial charge in [0.1, 0.15) is 19.2 Å². The van der Waals surface area contributed by atoms with Gasteiger partial charge in [0.25, 0.3) is 0 Å². The summed E-state index contributed by atoms with van der Waals surface area (Å²) in [4.78, 5) is 4.63. The first-order chi connectivity index (χ1) is 9.90. The molecule has 116 valence electrons. The highest BCUT2D eigenvalue weighted by atomic mass is 79.9. The Kier molecular flexibility index (Phi) is 5.59. The van der Waals surface area contributed by atoms with Gasteiger partial charge in [-0.05, 0) is 24.2 Å². The van der Waals surface area contributed by atoms with Crippen molar-refractivity contribution in [3.05, 3.63) is 28.5 Å². The van der Waals surface area contributed by atoms with E-state index in [1.165, 1.54) is 6.04 Å². The van der Waals surface area contributed by atoms with Crippen LogP contribution in [0.1, 0.15) is 5.82 Å². The maximum atomic E-state index is 5.87. The SMILES string of the molecule is COCc1nc2cc(Br)ccc2n1COCC[Si](C)(C)C. The van der Waals surface area contributed by atoms with Gasteiger partial charge in [-0.25, -0.2) is 4.98 Å². The number of benzene rings is 1. The third-order valence-corrected chi connectivity index (χ3v) is 5.48. The maximum Gasteiger partial charge on any atom is 0.137 e. The van der Waals surface area contributed by atoms with E-state index in [4.69, 9.17) is 9.47 Å². The van der Waals surface area contributed by atoms with E-state index in [-0.39, 0.29) is 0 Å². The molecule has 0 atom stereocenters. The molecular weight excluding hydrogens is 348 g/mol. The number of rotatable bonds is 7. The highest BCUT2D eigenvalue weighted by Gasteiger charge is 2.14. The molecule has 0 aliphatic heterocycles. The summed E-state index contributed by atoms with van der Waals surface area (Å²) in [5.41, 5.74) is 2.04. The van der Waals surface area contributed by atoms with Crippen molar-refractivity contribution in [3.63, 3.8) is 0 Å². The lowest BCUT2D eigenvalue weighted by molar-refractivity contribution is 0.0815. The number of hydrogen-bond acceptors (Lipinski definition) is 3. The van der Waals surface area contributed by atoms with Crippen molar-refractivity contribution >= 4 is 35.0 Å². The largest absolute Gasteiger partial charge is 0.377 e. The van der Waals surface area contributed by atoms with Crippen LogP contribution in [0.5, 0.6) is 0 Å². The van der Waals surface area contributed by atoms with E-state index in [0.717, 1.165) is 27.9 Å². The first kappa shape index (κ1) is 16.7. The van der Waals surface area contributed by atoms with Crippen LogP contribution in [0.3, 0.4) is 0 Å². The van der Waals surface area contributed by atoms with Crippen LogP contribution in [0.4, 0.5) is 0 Å². The van der Waals surface area contributed by atoms with Gasteiger partial charge in [0, 0.05) is 26.3 Å². The zero-order valence-corrected chi connectivity index (χ0v) is 15.7. The lowest BCUT2D eigenvalue weighted by atomic mass is 10.3. The van der Waals surface area contributed by atoms with Gasteiger partial charge in [0.15, 0.2) is 0 Å². The van der Waals surface area contributed by atoms with Crippen molar-refractivity contribution < 1.29 is 9.47 Å². The number of halogens is 1. The molecule has 1 heterocycles. The van der Waals surface area contributed by atoms with Crippen molar-refractivity contribution in [1.82, 2.24) is 9.55 Å². The number of ether oxygens (including phenoxy) is 2.